The molecule has 0 aromatic heterocycles. The Morgan fingerprint density at radius 3 is 2.80 bits per heavy atom. The summed E-state index contributed by atoms with van der Waals surface area (Å²) in [7, 11) is 2.29. The zero-order chi connectivity index (χ0) is 14.5. The van der Waals surface area contributed by atoms with Gasteiger partial charge in [0.2, 0.25) is 0 Å². The van der Waals surface area contributed by atoms with Crippen molar-refractivity contribution in [2.75, 3.05) is 26.7 Å². The van der Waals surface area contributed by atoms with E-state index >= 15 is 0 Å². The second kappa shape index (κ2) is 7.24. The van der Waals surface area contributed by atoms with Crippen LogP contribution in [0, 0.1) is 19.8 Å². The highest BCUT2D eigenvalue weighted by molar-refractivity contribution is 5.33. The van der Waals surface area contributed by atoms with Crippen LogP contribution in [0.15, 0.2) is 18.2 Å². The molecule has 0 amide bonds. The minimum absolute atomic E-state index is 0.578. The average Bonchev–Trinajstić information content (AvgIpc) is 2.41. The van der Waals surface area contributed by atoms with Crippen LogP contribution in [0.4, 0.5) is 0 Å². The Labute approximate surface area is 124 Å². The van der Waals surface area contributed by atoms with Crippen LogP contribution in [-0.4, -0.2) is 31.6 Å². The van der Waals surface area contributed by atoms with Crippen LogP contribution in [0.5, 0.6) is 0 Å². The summed E-state index contributed by atoms with van der Waals surface area (Å²) in [6, 6.07) is 7.52. The number of piperidine rings is 1. The molecule has 1 aromatic rings. The van der Waals surface area contributed by atoms with Gasteiger partial charge in [0.1, 0.15) is 0 Å². The van der Waals surface area contributed by atoms with Gasteiger partial charge < -0.3 is 5.32 Å². The van der Waals surface area contributed by atoms with Crippen molar-refractivity contribution in [2.24, 2.45) is 5.92 Å². The lowest BCUT2D eigenvalue weighted by Gasteiger charge is -2.40. The molecule has 1 N–H and O–H groups in total. The third-order valence-electron chi connectivity index (χ3n) is 4.58. The topological polar surface area (TPSA) is 15.3 Å². The smallest absolute Gasteiger partial charge is 0.0387 e. The summed E-state index contributed by atoms with van der Waals surface area (Å²) in [5, 5.41) is 3.63. The molecule has 1 heterocycles. The molecule has 2 nitrogen and oxygen atoms in total. The van der Waals surface area contributed by atoms with Gasteiger partial charge in [0.05, 0.1) is 0 Å². The Morgan fingerprint density at radius 2 is 2.10 bits per heavy atom. The first-order valence-electron chi connectivity index (χ1n) is 8.11. The van der Waals surface area contributed by atoms with Crippen molar-refractivity contribution in [3.8, 4) is 0 Å². The van der Waals surface area contributed by atoms with E-state index in [1.54, 1.807) is 0 Å². The molecule has 112 valence electrons. The normalized spacial score (nSPS) is 24.0. The molecule has 0 radical (unpaired) electrons. The molecule has 1 saturated heterocycles. The summed E-state index contributed by atoms with van der Waals surface area (Å²) in [6.07, 6.45) is 3.90. The van der Waals surface area contributed by atoms with E-state index in [2.05, 4.69) is 56.2 Å². The van der Waals surface area contributed by atoms with Gasteiger partial charge >= 0.3 is 0 Å². The van der Waals surface area contributed by atoms with E-state index in [-0.39, 0.29) is 0 Å². The van der Waals surface area contributed by atoms with Crippen molar-refractivity contribution < 1.29 is 0 Å². The van der Waals surface area contributed by atoms with Crippen molar-refractivity contribution in [1.29, 1.82) is 0 Å². The molecule has 2 unspecified atom stereocenters. The summed E-state index contributed by atoms with van der Waals surface area (Å²) in [6.45, 7) is 10.2. The van der Waals surface area contributed by atoms with Gasteiger partial charge in [0, 0.05) is 6.04 Å². The largest absolute Gasteiger partial charge is 0.316 e. The molecule has 1 aromatic carbocycles. The summed E-state index contributed by atoms with van der Waals surface area (Å²) in [5.74, 6) is 0.738. The first-order valence-corrected chi connectivity index (χ1v) is 8.11. The summed E-state index contributed by atoms with van der Waals surface area (Å²) in [5.41, 5.74) is 4.34. The third-order valence-corrected chi connectivity index (χ3v) is 4.58. The first-order chi connectivity index (χ1) is 9.63. The molecule has 0 aliphatic carbocycles. The molecule has 0 spiro atoms. The van der Waals surface area contributed by atoms with Crippen LogP contribution < -0.4 is 5.32 Å². The number of hydrogen-bond acceptors (Lipinski definition) is 2. The fourth-order valence-electron chi connectivity index (χ4n) is 3.59. The molecule has 1 aliphatic heterocycles. The highest BCUT2D eigenvalue weighted by Gasteiger charge is 2.30. The first kappa shape index (κ1) is 15.5. The van der Waals surface area contributed by atoms with Gasteiger partial charge in [-0.05, 0) is 76.8 Å². The maximum atomic E-state index is 3.63. The van der Waals surface area contributed by atoms with Gasteiger partial charge in [-0.25, -0.2) is 0 Å². The zero-order valence-electron chi connectivity index (χ0n) is 13.6. The monoisotopic (exact) mass is 274 g/mol. The van der Waals surface area contributed by atoms with Crippen molar-refractivity contribution in [3.05, 3.63) is 34.9 Å². The van der Waals surface area contributed by atoms with Gasteiger partial charge in [-0.1, -0.05) is 30.7 Å². The number of hydrogen-bond donors (Lipinski definition) is 1. The predicted octanol–water partition coefficient (Wildman–Crippen LogP) is 3.69. The van der Waals surface area contributed by atoms with E-state index in [1.165, 1.54) is 42.5 Å². The molecular weight excluding hydrogens is 244 g/mol. The van der Waals surface area contributed by atoms with E-state index < -0.39 is 0 Å². The number of benzene rings is 1. The summed E-state index contributed by atoms with van der Waals surface area (Å²) < 4.78 is 0. The number of rotatable bonds is 5. The van der Waals surface area contributed by atoms with Crippen LogP contribution in [0.3, 0.4) is 0 Å². The quantitative estimate of drug-likeness (QED) is 0.824. The molecule has 0 bridgehead atoms. The number of aryl methyl sites for hydroxylation is 2. The minimum atomic E-state index is 0.578. The van der Waals surface area contributed by atoms with Gasteiger partial charge in [0.25, 0.3) is 0 Å². The molecular formula is C18H30N2. The van der Waals surface area contributed by atoms with E-state index in [4.69, 9.17) is 0 Å². The highest BCUT2D eigenvalue weighted by atomic mass is 15.1. The van der Waals surface area contributed by atoms with Gasteiger partial charge in [-0.15, -0.1) is 0 Å². The second-order valence-electron chi connectivity index (χ2n) is 6.39. The van der Waals surface area contributed by atoms with Crippen LogP contribution >= 0.6 is 0 Å². The predicted molar refractivity (Wildman–Crippen MR) is 87.2 cm³/mol. The second-order valence-corrected chi connectivity index (χ2v) is 6.39. The lowest BCUT2D eigenvalue weighted by atomic mass is 9.83. The number of nitrogens with zero attached hydrogens (tertiary/aromatic N) is 1. The third kappa shape index (κ3) is 3.62. The summed E-state index contributed by atoms with van der Waals surface area (Å²) in [4.78, 5) is 2.56. The van der Waals surface area contributed by atoms with Crippen molar-refractivity contribution in [1.82, 2.24) is 10.2 Å². The van der Waals surface area contributed by atoms with Gasteiger partial charge in [-0.3, -0.25) is 4.90 Å². The summed E-state index contributed by atoms with van der Waals surface area (Å²) >= 11 is 0. The molecule has 1 aliphatic rings. The van der Waals surface area contributed by atoms with E-state index in [0.29, 0.717) is 6.04 Å². The SMILES string of the molecule is CCCNCC1CCCN(C)C1c1ccc(C)cc1C. The van der Waals surface area contributed by atoms with Crippen molar-refractivity contribution >= 4 is 0 Å². The van der Waals surface area contributed by atoms with E-state index in [1.807, 2.05) is 0 Å². The molecule has 1 fully saturated rings. The van der Waals surface area contributed by atoms with Crippen molar-refractivity contribution in [3.63, 3.8) is 0 Å². The number of nitrogens with one attached hydrogen (secondary N) is 1. The number of likely N-dealkylation sites (tertiary alicyclic amines) is 1. The standard InChI is InChI=1S/C18H30N2/c1-5-10-19-13-16-7-6-11-20(4)18(16)17-9-8-14(2)12-15(17)3/h8-9,12,16,18-19H,5-7,10-11,13H2,1-4H3. The highest BCUT2D eigenvalue weighted by Crippen LogP contribution is 2.36. The molecule has 2 heteroatoms. The van der Waals surface area contributed by atoms with Crippen LogP contribution in [0.1, 0.15) is 48.9 Å². The lowest BCUT2D eigenvalue weighted by Crippen LogP contribution is -2.41. The van der Waals surface area contributed by atoms with Crippen LogP contribution in [-0.2, 0) is 0 Å². The maximum absolute atomic E-state index is 3.63. The zero-order valence-corrected chi connectivity index (χ0v) is 13.6. The Balaban J connectivity index is 2.18. The van der Waals surface area contributed by atoms with E-state index in [9.17, 15) is 0 Å². The Kier molecular flexibility index (Phi) is 5.62. The Bertz CT molecular complexity index is 427. The maximum Gasteiger partial charge on any atom is 0.0387 e. The molecule has 0 saturated carbocycles. The van der Waals surface area contributed by atoms with Gasteiger partial charge in [0.15, 0.2) is 0 Å². The fraction of sp³-hybridized carbons (Fsp3) is 0.667. The molecule has 2 rings (SSSR count). The molecule has 20 heavy (non-hydrogen) atoms. The lowest BCUT2D eigenvalue weighted by molar-refractivity contribution is 0.119. The fourth-order valence-corrected chi connectivity index (χ4v) is 3.59. The van der Waals surface area contributed by atoms with Crippen LogP contribution in [0.25, 0.3) is 0 Å². The molecule has 2 atom stereocenters. The van der Waals surface area contributed by atoms with Crippen LogP contribution in [0.2, 0.25) is 0 Å². The van der Waals surface area contributed by atoms with Gasteiger partial charge in [-0.2, -0.15) is 0 Å². The van der Waals surface area contributed by atoms with E-state index in [0.717, 1.165) is 19.0 Å². The average molecular weight is 274 g/mol. The van der Waals surface area contributed by atoms with Crippen molar-refractivity contribution in [2.45, 2.75) is 46.1 Å². The minimum Gasteiger partial charge on any atom is -0.316 e. The Hall–Kier alpha value is -0.860. The Morgan fingerprint density at radius 1 is 1.30 bits per heavy atom.